The highest BCUT2D eigenvalue weighted by atomic mass is 35.5. The molecule has 2 aliphatic rings. The molecule has 1 aliphatic heterocycles. The molecule has 1 heterocycles. The number of hydrogen-bond acceptors (Lipinski definition) is 5. The molecule has 0 spiro atoms. The number of carbonyl (C=O) groups excluding carboxylic acids is 2. The average Bonchev–Trinajstić information content (AvgIpc) is 3.07. The van der Waals surface area contributed by atoms with Crippen LogP contribution in [0.3, 0.4) is 0 Å². The summed E-state index contributed by atoms with van der Waals surface area (Å²) < 4.78 is 0. The van der Waals surface area contributed by atoms with E-state index in [9.17, 15) is 9.59 Å². The summed E-state index contributed by atoms with van der Waals surface area (Å²) in [6.45, 7) is 0. The maximum Gasteiger partial charge on any atom is 0.240 e. The minimum Gasteiger partial charge on any atom is -0.325 e. The Morgan fingerprint density at radius 3 is 2.83 bits per heavy atom. The Balaban J connectivity index is 1.40. The number of rotatable bonds is 4. The SMILES string of the molecule is O=C(C[C@H]1S/C(=N/N=C2/CCCc3ccccc32)NC1=O)Nc1ccc(Cl)cc1Cl. The zero-order chi connectivity index (χ0) is 21.1. The summed E-state index contributed by atoms with van der Waals surface area (Å²) in [6.07, 6.45) is 2.90. The standard InChI is InChI=1S/C21H18Cl2N4O2S/c22-13-8-9-17(15(23)10-13)24-19(28)11-18-20(29)25-21(30-18)27-26-16-7-3-5-12-4-1-2-6-14(12)16/h1-2,4,6,8-10,18H,3,5,7,11H2,(H,24,28)(H,25,27,29)/b26-16-/t18-/m1/s1. The van der Waals surface area contributed by atoms with Crippen LogP contribution in [0.1, 0.15) is 30.4 Å². The van der Waals surface area contributed by atoms with E-state index in [0.29, 0.717) is 20.9 Å². The maximum atomic E-state index is 12.3. The van der Waals surface area contributed by atoms with E-state index >= 15 is 0 Å². The highest BCUT2D eigenvalue weighted by molar-refractivity contribution is 8.15. The van der Waals surface area contributed by atoms with Crippen molar-refractivity contribution in [1.82, 2.24) is 5.32 Å². The van der Waals surface area contributed by atoms with Gasteiger partial charge in [0.2, 0.25) is 11.8 Å². The topological polar surface area (TPSA) is 82.9 Å². The number of amidine groups is 1. The Hall–Kier alpha value is -2.35. The predicted molar refractivity (Wildman–Crippen MR) is 123 cm³/mol. The fourth-order valence-corrected chi connectivity index (χ4v) is 4.73. The van der Waals surface area contributed by atoms with Crippen LogP contribution in [0.25, 0.3) is 0 Å². The Labute approximate surface area is 188 Å². The maximum absolute atomic E-state index is 12.3. The number of thioether (sulfide) groups is 1. The molecule has 154 valence electrons. The van der Waals surface area contributed by atoms with Gasteiger partial charge < -0.3 is 10.6 Å². The lowest BCUT2D eigenvalue weighted by Crippen LogP contribution is -2.28. The molecule has 0 saturated carbocycles. The summed E-state index contributed by atoms with van der Waals surface area (Å²) >= 11 is 13.1. The van der Waals surface area contributed by atoms with Crippen molar-refractivity contribution in [3.05, 3.63) is 63.6 Å². The molecule has 0 radical (unpaired) electrons. The Morgan fingerprint density at radius 2 is 2.00 bits per heavy atom. The summed E-state index contributed by atoms with van der Waals surface area (Å²) in [4.78, 5) is 24.6. The van der Waals surface area contributed by atoms with Gasteiger partial charge in [-0.05, 0) is 43.0 Å². The molecule has 9 heteroatoms. The summed E-state index contributed by atoms with van der Waals surface area (Å²) in [5.41, 5.74) is 3.74. The summed E-state index contributed by atoms with van der Waals surface area (Å²) in [6, 6.07) is 13.0. The number of aryl methyl sites for hydroxylation is 1. The lowest BCUT2D eigenvalue weighted by Gasteiger charge is -2.16. The molecule has 0 unspecified atom stereocenters. The van der Waals surface area contributed by atoms with Gasteiger partial charge in [0.15, 0.2) is 5.17 Å². The van der Waals surface area contributed by atoms with Crippen LogP contribution in [-0.2, 0) is 16.0 Å². The van der Waals surface area contributed by atoms with Crippen molar-refractivity contribution in [2.24, 2.45) is 10.2 Å². The molecule has 30 heavy (non-hydrogen) atoms. The Bertz CT molecular complexity index is 1070. The molecular formula is C21H18Cl2N4O2S. The molecule has 1 atom stereocenters. The first kappa shape index (κ1) is 20.9. The van der Waals surface area contributed by atoms with Crippen molar-refractivity contribution in [2.45, 2.75) is 30.9 Å². The smallest absolute Gasteiger partial charge is 0.240 e. The van der Waals surface area contributed by atoms with E-state index in [-0.39, 0.29) is 18.2 Å². The number of benzene rings is 2. The largest absolute Gasteiger partial charge is 0.325 e. The Morgan fingerprint density at radius 1 is 1.17 bits per heavy atom. The van der Waals surface area contributed by atoms with Crippen molar-refractivity contribution in [2.75, 3.05) is 5.32 Å². The quantitative estimate of drug-likeness (QED) is 0.651. The number of fused-ring (bicyclic) bond motifs is 1. The summed E-state index contributed by atoms with van der Waals surface area (Å²) in [5, 5.41) is 14.7. The zero-order valence-corrected chi connectivity index (χ0v) is 18.2. The number of hydrogen-bond donors (Lipinski definition) is 2. The van der Waals surface area contributed by atoms with Gasteiger partial charge in [-0.2, -0.15) is 5.10 Å². The Kier molecular flexibility index (Phi) is 6.41. The molecule has 2 amide bonds. The van der Waals surface area contributed by atoms with Gasteiger partial charge in [0.05, 0.1) is 16.4 Å². The van der Waals surface area contributed by atoms with Crippen molar-refractivity contribution in [1.29, 1.82) is 0 Å². The number of halogens is 2. The third-order valence-corrected chi connectivity index (χ3v) is 6.42. The van der Waals surface area contributed by atoms with Gasteiger partial charge in [-0.3, -0.25) is 9.59 Å². The first-order valence-corrected chi connectivity index (χ1v) is 11.1. The fourth-order valence-electron chi connectivity index (χ4n) is 3.36. The lowest BCUT2D eigenvalue weighted by atomic mass is 9.90. The average molecular weight is 461 g/mol. The lowest BCUT2D eigenvalue weighted by molar-refractivity contribution is -0.122. The van der Waals surface area contributed by atoms with E-state index in [1.54, 1.807) is 18.2 Å². The second-order valence-electron chi connectivity index (χ2n) is 6.93. The van der Waals surface area contributed by atoms with E-state index < -0.39 is 5.25 Å². The number of amides is 2. The molecule has 1 fully saturated rings. The van der Waals surface area contributed by atoms with E-state index in [4.69, 9.17) is 23.2 Å². The third-order valence-electron chi connectivity index (χ3n) is 4.80. The van der Waals surface area contributed by atoms with Crippen LogP contribution in [0.5, 0.6) is 0 Å². The second-order valence-corrected chi connectivity index (χ2v) is 8.97. The first-order chi connectivity index (χ1) is 14.5. The van der Waals surface area contributed by atoms with Crippen LogP contribution in [0.4, 0.5) is 5.69 Å². The van der Waals surface area contributed by atoms with Gasteiger partial charge >= 0.3 is 0 Å². The molecule has 2 N–H and O–H groups in total. The van der Waals surface area contributed by atoms with E-state index in [0.717, 1.165) is 30.5 Å². The first-order valence-electron chi connectivity index (χ1n) is 9.45. The minimum atomic E-state index is -0.575. The van der Waals surface area contributed by atoms with Gasteiger partial charge in [-0.15, -0.1) is 5.10 Å². The molecule has 0 bridgehead atoms. The van der Waals surface area contributed by atoms with E-state index in [2.05, 4.69) is 26.9 Å². The third kappa shape index (κ3) is 4.86. The normalized spacial score (nSPS) is 20.9. The van der Waals surface area contributed by atoms with E-state index in [1.807, 2.05) is 18.2 Å². The van der Waals surface area contributed by atoms with Crippen LogP contribution in [0.2, 0.25) is 10.0 Å². The highest BCUT2D eigenvalue weighted by Crippen LogP contribution is 2.28. The van der Waals surface area contributed by atoms with E-state index in [1.165, 1.54) is 17.3 Å². The summed E-state index contributed by atoms with van der Waals surface area (Å²) in [5.74, 6) is -0.582. The van der Waals surface area contributed by atoms with Crippen molar-refractivity contribution in [3.8, 4) is 0 Å². The fraction of sp³-hybridized carbons (Fsp3) is 0.238. The minimum absolute atomic E-state index is 0.00607. The molecule has 6 nitrogen and oxygen atoms in total. The highest BCUT2D eigenvalue weighted by Gasteiger charge is 2.32. The van der Waals surface area contributed by atoms with Gasteiger partial charge in [-0.25, -0.2) is 0 Å². The van der Waals surface area contributed by atoms with Gasteiger partial charge in [-0.1, -0.05) is 59.2 Å². The van der Waals surface area contributed by atoms with Crippen LogP contribution in [-0.4, -0.2) is 27.9 Å². The predicted octanol–water partition coefficient (Wildman–Crippen LogP) is 4.65. The second kappa shape index (κ2) is 9.20. The number of nitrogens with zero attached hydrogens (tertiary/aromatic N) is 2. The van der Waals surface area contributed by atoms with Crippen LogP contribution >= 0.6 is 35.0 Å². The van der Waals surface area contributed by atoms with Crippen molar-refractivity contribution >= 4 is 63.3 Å². The summed E-state index contributed by atoms with van der Waals surface area (Å²) in [7, 11) is 0. The van der Waals surface area contributed by atoms with Crippen LogP contribution in [0, 0.1) is 0 Å². The molecule has 0 aromatic heterocycles. The zero-order valence-electron chi connectivity index (χ0n) is 15.8. The molecular weight excluding hydrogens is 443 g/mol. The molecule has 2 aromatic rings. The van der Waals surface area contributed by atoms with Crippen molar-refractivity contribution < 1.29 is 9.59 Å². The molecule has 2 aromatic carbocycles. The molecule has 1 saturated heterocycles. The van der Waals surface area contributed by atoms with Gasteiger partial charge in [0.1, 0.15) is 5.25 Å². The van der Waals surface area contributed by atoms with Crippen LogP contribution < -0.4 is 10.6 Å². The van der Waals surface area contributed by atoms with Crippen LogP contribution in [0.15, 0.2) is 52.7 Å². The number of anilines is 1. The van der Waals surface area contributed by atoms with Gasteiger partial charge in [0.25, 0.3) is 0 Å². The molecule has 4 rings (SSSR count). The van der Waals surface area contributed by atoms with Gasteiger partial charge in [0, 0.05) is 17.0 Å². The monoisotopic (exact) mass is 460 g/mol. The number of carbonyl (C=O) groups is 2. The van der Waals surface area contributed by atoms with Crippen molar-refractivity contribution in [3.63, 3.8) is 0 Å². The number of nitrogens with one attached hydrogen (secondary N) is 2. The molecule has 1 aliphatic carbocycles.